The van der Waals surface area contributed by atoms with E-state index in [2.05, 4.69) is 4.99 Å². The van der Waals surface area contributed by atoms with Crippen molar-refractivity contribution in [2.75, 3.05) is 20.8 Å². The smallest absolute Gasteiger partial charge is 0.338 e. The Balaban J connectivity index is 1.93. The minimum Gasteiger partial charge on any atom is -0.493 e. The van der Waals surface area contributed by atoms with Crippen LogP contribution in [-0.4, -0.2) is 43.4 Å². The van der Waals surface area contributed by atoms with Gasteiger partial charge in [-0.1, -0.05) is 17.4 Å². The van der Waals surface area contributed by atoms with E-state index in [1.165, 1.54) is 37.0 Å². The van der Waals surface area contributed by atoms with Gasteiger partial charge < -0.3 is 23.7 Å². The standard InChI is InChI=1S/C30H31IN2O8S/c1-8-39-29(36)25-16(4)32-30-33(26(25)19-9-10-21(40-15(2)3)22(14-19)37-6)28(35)24(42-30)13-18-11-20(31)27(41-17(5)34)23(12-18)38-7/h9-15,26H,8H2,1-7H3/b24-13+/t26-/m0/s1. The molecule has 0 bridgehead atoms. The van der Waals surface area contributed by atoms with Gasteiger partial charge in [-0.2, -0.15) is 0 Å². The molecule has 0 saturated heterocycles. The number of fused-ring (bicyclic) bond motifs is 1. The van der Waals surface area contributed by atoms with Crippen LogP contribution in [0.15, 0.2) is 51.4 Å². The maximum atomic E-state index is 14.0. The first-order valence-electron chi connectivity index (χ1n) is 13.1. The molecule has 10 nitrogen and oxygen atoms in total. The fraction of sp³-hybridized carbons (Fsp3) is 0.333. The van der Waals surface area contributed by atoms with Gasteiger partial charge in [-0.05, 0) is 91.8 Å². The summed E-state index contributed by atoms with van der Waals surface area (Å²) < 4.78 is 30.1. The number of thiazole rings is 1. The highest BCUT2D eigenvalue weighted by atomic mass is 127. The number of ether oxygens (including phenoxy) is 5. The molecule has 0 radical (unpaired) electrons. The molecule has 12 heteroatoms. The van der Waals surface area contributed by atoms with Crippen molar-refractivity contribution >= 4 is 51.9 Å². The Bertz CT molecular complexity index is 1760. The molecular formula is C30H31IN2O8S. The highest BCUT2D eigenvalue weighted by Crippen LogP contribution is 2.37. The van der Waals surface area contributed by atoms with Crippen LogP contribution in [0.25, 0.3) is 6.08 Å². The van der Waals surface area contributed by atoms with Crippen molar-refractivity contribution in [1.29, 1.82) is 0 Å². The van der Waals surface area contributed by atoms with Crippen molar-refractivity contribution in [2.45, 2.75) is 46.8 Å². The molecule has 0 spiro atoms. The molecule has 0 saturated carbocycles. The van der Waals surface area contributed by atoms with E-state index in [1.807, 2.05) is 36.4 Å². The third-order valence-electron chi connectivity index (χ3n) is 6.18. The van der Waals surface area contributed by atoms with Gasteiger partial charge >= 0.3 is 11.9 Å². The zero-order valence-corrected chi connectivity index (χ0v) is 27.2. The van der Waals surface area contributed by atoms with E-state index >= 15 is 0 Å². The number of benzene rings is 2. The largest absolute Gasteiger partial charge is 0.493 e. The summed E-state index contributed by atoms with van der Waals surface area (Å²) in [6, 6.07) is 7.99. The number of hydrogen-bond donors (Lipinski definition) is 0. The molecule has 222 valence electrons. The van der Waals surface area contributed by atoms with Crippen molar-refractivity contribution in [3.8, 4) is 23.0 Å². The lowest BCUT2D eigenvalue weighted by Crippen LogP contribution is -2.40. The summed E-state index contributed by atoms with van der Waals surface area (Å²) in [6.07, 6.45) is 1.64. The molecule has 1 aliphatic rings. The Hall–Kier alpha value is -3.65. The van der Waals surface area contributed by atoms with Gasteiger partial charge in [0.2, 0.25) is 0 Å². The number of carbonyl (C=O) groups excluding carboxylic acids is 2. The third kappa shape index (κ3) is 6.38. The topological polar surface area (TPSA) is 115 Å². The van der Waals surface area contributed by atoms with E-state index in [0.717, 1.165) is 0 Å². The highest BCUT2D eigenvalue weighted by molar-refractivity contribution is 14.1. The van der Waals surface area contributed by atoms with Crippen LogP contribution in [0.2, 0.25) is 0 Å². The van der Waals surface area contributed by atoms with Crippen LogP contribution in [-0.2, 0) is 14.3 Å². The Kier molecular flexibility index (Phi) is 9.77. The molecule has 0 N–H and O–H groups in total. The van der Waals surface area contributed by atoms with Crippen LogP contribution in [0.3, 0.4) is 0 Å². The van der Waals surface area contributed by atoms with Gasteiger partial charge in [0.1, 0.15) is 0 Å². The minimum atomic E-state index is -0.814. The Morgan fingerprint density at radius 1 is 1.12 bits per heavy atom. The van der Waals surface area contributed by atoms with E-state index < -0.39 is 18.0 Å². The normalized spacial score (nSPS) is 14.8. The second-order valence-corrected chi connectivity index (χ2v) is 11.7. The van der Waals surface area contributed by atoms with E-state index in [-0.39, 0.29) is 23.8 Å². The molecule has 0 fully saturated rings. The van der Waals surface area contributed by atoms with Gasteiger partial charge in [-0.15, -0.1) is 0 Å². The second-order valence-electron chi connectivity index (χ2n) is 9.51. The SMILES string of the molecule is CCOC(=O)C1=C(C)N=c2s/c(=C/c3cc(I)c(OC(C)=O)c(OC)c3)c(=O)n2[C@H]1c1ccc(OC(C)C)c(OC)c1. The summed E-state index contributed by atoms with van der Waals surface area (Å²) in [7, 11) is 3.01. The van der Waals surface area contributed by atoms with Crippen molar-refractivity contribution in [3.63, 3.8) is 0 Å². The molecule has 1 aliphatic heterocycles. The van der Waals surface area contributed by atoms with E-state index in [4.69, 9.17) is 23.7 Å². The second kappa shape index (κ2) is 13.1. The maximum absolute atomic E-state index is 14.0. The number of nitrogens with zero attached hydrogens (tertiary/aromatic N) is 2. The molecule has 1 aromatic heterocycles. The number of rotatable bonds is 9. The molecule has 4 rings (SSSR count). The van der Waals surface area contributed by atoms with Crippen LogP contribution >= 0.6 is 33.9 Å². The summed E-state index contributed by atoms with van der Waals surface area (Å²) in [6.45, 7) is 8.76. The van der Waals surface area contributed by atoms with Crippen molar-refractivity contribution in [3.05, 3.63) is 76.0 Å². The van der Waals surface area contributed by atoms with Crippen molar-refractivity contribution in [2.24, 2.45) is 4.99 Å². The van der Waals surface area contributed by atoms with E-state index in [1.54, 1.807) is 50.3 Å². The summed E-state index contributed by atoms with van der Waals surface area (Å²) in [5, 5.41) is 0. The van der Waals surface area contributed by atoms with Crippen LogP contribution in [0, 0.1) is 3.57 Å². The Morgan fingerprint density at radius 3 is 2.45 bits per heavy atom. The third-order valence-corrected chi connectivity index (χ3v) is 7.96. The molecule has 2 aromatic carbocycles. The number of hydrogen-bond acceptors (Lipinski definition) is 10. The average Bonchev–Trinajstić information content (AvgIpc) is 3.23. The number of halogens is 1. The molecule has 2 heterocycles. The van der Waals surface area contributed by atoms with E-state index in [0.29, 0.717) is 52.7 Å². The summed E-state index contributed by atoms with van der Waals surface area (Å²) in [5.74, 6) is 0.641. The first-order chi connectivity index (χ1) is 20.0. The lowest BCUT2D eigenvalue weighted by molar-refractivity contribution is -0.139. The van der Waals surface area contributed by atoms with Gasteiger partial charge in [0, 0.05) is 6.92 Å². The quantitative estimate of drug-likeness (QED) is 0.186. The zero-order valence-electron chi connectivity index (χ0n) is 24.3. The number of carbonyl (C=O) groups is 2. The van der Waals surface area contributed by atoms with Gasteiger partial charge in [-0.25, -0.2) is 9.79 Å². The first-order valence-corrected chi connectivity index (χ1v) is 15.0. The number of esters is 2. The first kappa shape index (κ1) is 31.3. The van der Waals surface area contributed by atoms with Gasteiger partial charge in [0.15, 0.2) is 27.8 Å². The molecule has 42 heavy (non-hydrogen) atoms. The van der Waals surface area contributed by atoms with Crippen molar-refractivity contribution < 1.29 is 33.3 Å². The van der Waals surface area contributed by atoms with Gasteiger partial charge in [-0.3, -0.25) is 14.2 Å². The predicted molar refractivity (Wildman–Crippen MR) is 166 cm³/mol. The average molecular weight is 707 g/mol. The maximum Gasteiger partial charge on any atom is 0.338 e. The summed E-state index contributed by atoms with van der Waals surface area (Å²) in [4.78, 5) is 43.9. The fourth-order valence-corrected chi connectivity index (χ4v) is 6.31. The summed E-state index contributed by atoms with van der Waals surface area (Å²) in [5.41, 5.74) is 1.67. The molecule has 0 amide bonds. The summed E-state index contributed by atoms with van der Waals surface area (Å²) >= 11 is 3.25. The lowest BCUT2D eigenvalue weighted by Gasteiger charge is -2.25. The van der Waals surface area contributed by atoms with Crippen LogP contribution < -0.4 is 33.8 Å². The van der Waals surface area contributed by atoms with Crippen LogP contribution in [0.4, 0.5) is 0 Å². The van der Waals surface area contributed by atoms with Crippen LogP contribution in [0.1, 0.15) is 51.8 Å². The monoisotopic (exact) mass is 706 g/mol. The number of aromatic nitrogens is 1. The number of allylic oxidation sites excluding steroid dienone is 1. The van der Waals surface area contributed by atoms with Gasteiger partial charge in [0.05, 0.1) is 52.3 Å². The molecule has 1 atom stereocenters. The van der Waals surface area contributed by atoms with Crippen LogP contribution in [0.5, 0.6) is 23.0 Å². The predicted octanol–water partition coefficient (Wildman–Crippen LogP) is 4.13. The Labute approximate surface area is 260 Å². The molecule has 3 aromatic rings. The lowest BCUT2D eigenvalue weighted by atomic mass is 9.95. The van der Waals surface area contributed by atoms with Gasteiger partial charge in [0.25, 0.3) is 5.56 Å². The number of methoxy groups -OCH3 is 2. The zero-order chi connectivity index (χ0) is 30.7. The molecular weight excluding hydrogens is 675 g/mol. The highest BCUT2D eigenvalue weighted by Gasteiger charge is 2.34. The molecule has 0 aliphatic carbocycles. The fourth-order valence-electron chi connectivity index (χ4n) is 4.53. The van der Waals surface area contributed by atoms with Crippen molar-refractivity contribution in [1.82, 2.24) is 4.57 Å². The Morgan fingerprint density at radius 2 is 1.83 bits per heavy atom. The molecule has 0 unspecified atom stereocenters. The van der Waals surface area contributed by atoms with E-state index in [9.17, 15) is 14.4 Å². The minimum absolute atomic E-state index is 0.0792.